The Morgan fingerprint density at radius 2 is 1.74 bits per heavy atom. The molecule has 23 heavy (non-hydrogen) atoms. The molecule has 0 saturated heterocycles. The van der Waals surface area contributed by atoms with E-state index in [-0.39, 0.29) is 6.10 Å². The van der Waals surface area contributed by atoms with Gasteiger partial charge in [-0.3, -0.25) is 0 Å². The van der Waals surface area contributed by atoms with Crippen LogP contribution in [0.3, 0.4) is 0 Å². The number of aromatic nitrogens is 3. The maximum absolute atomic E-state index is 11.6. The van der Waals surface area contributed by atoms with Crippen molar-refractivity contribution in [2.45, 2.75) is 31.8 Å². The Kier molecular flexibility index (Phi) is 4.66. The Morgan fingerprint density at radius 1 is 1.13 bits per heavy atom. The molecule has 3 rings (SSSR count). The highest BCUT2D eigenvalue weighted by Crippen LogP contribution is 2.29. The van der Waals surface area contributed by atoms with Crippen molar-refractivity contribution in [3.63, 3.8) is 0 Å². The Morgan fingerprint density at radius 3 is 2.30 bits per heavy atom. The first-order valence-corrected chi connectivity index (χ1v) is 7.85. The lowest BCUT2D eigenvalue weighted by Gasteiger charge is -2.22. The summed E-state index contributed by atoms with van der Waals surface area (Å²) in [5.41, 5.74) is -0.502. The molecule has 2 aromatic rings. The maximum atomic E-state index is 11.6. The van der Waals surface area contributed by atoms with Crippen molar-refractivity contribution >= 4 is 0 Å². The average molecular weight is 319 g/mol. The van der Waals surface area contributed by atoms with E-state index in [4.69, 9.17) is 9.47 Å². The van der Waals surface area contributed by atoms with E-state index in [0.29, 0.717) is 24.0 Å². The molecule has 1 fully saturated rings. The quantitative estimate of drug-likeness (QED) is 0.843. The largest absolute Gasteiger partial charge is 0.491 e. The number of hydrogen-bond donors (Lipinski definition) is 2. The first-order valence-electron chi connectivity index (χ1n) is 7.85. The van der Waals surface area contributed by atoms with Gasteiger partial charge in [-0.25, -0.2) is 24.4 Å². The molecule has 124 valence electrons. The molecule has 1 aromatic heterocycles. The molecule has 0 amide bonds. The van der Waals surface area contributed by atoms with E-state index in [9.17, 15) is 9.59 Å². The highest BCUT2D eigenvalue weighted by atomic mass is 16.5. The smallest absolute Gasteiger partial charge is 0.348 e. The van der Waals surface area contributed by atoms with Crippen molar-refractivity contribution in [3.8, 4) is 11.4 Å². The molecule has 0 spiro atoms. The van der Waals surface area contributed by atoms with E-state index >= 15 is 0 Å². The molecule has 2 N–H and O–H groups in total. The summed E-state index contributed by atoms with van der Waals surface area (Å²) in [4.78, 5) is 23.1. The van der Waals surface area contributed by atoms with Crippen LogP contribution in [-0.2, 0) is 4.74 Å². The molecule has 0 aliphatic heterocycles. The SMILES string of the molecule is COC(COc1ccc(-n2c(=O)[nH][nH]c2=O)cc1)C1CCCC1. The van der Waals surface area contributed by atoms with Gasteiger partial charge in [0.1, 0.15) is 12.4 Å². The average Bonchev–Trinajstić information content (AvgIpc) is 3.20. The van der Waals surface area contributed by atoms with Gasteiger partial charge in [-0.15, -0.1) is 0 Å². The number of methoxy groups -OCH3 is 1. The molecule has 1 saturated carbocycles. The topological polar surface area (TPSA) is 89.1 Å². The summed E-state index contributed by atoms with van der Waals surface area (Å²) >= 11 is 0. The van der Waals surface area contributed by atoms with E-state index in [1.807, 2.05) is 0 Å². The molecule has 1 aliphatic rings. The van der Waals surface area contributed by atoms with Gasteiger partial charge in [0.15, 0.2) is 0 Å². The molecule has 1 atom stereocenters. The van der Waals surface area contributed by atoms with E-state index in [2.05, 4.69) is 10.2 Å². The lowest BCUT2D eigenvalue weighted by Crippen LogP contribution is -2.27. The molecule has 1 unspecified atom stereocenters. The van der Waals surface area contributed by atoms with Gasteiger partial charge in [0.05, 0.1) is 11.8 Å². The zero-order chi connectivity index (χ0) is 16.2. The van der Waals surface area contributed by atoms with Crippen LogP contribution in [0.2, 0.25) is 0 Å². The van der Waals surface area contributed by atoms with E-state index in [0.717, 1.165) is 4.57 Å². The monoisotopic (exact) mass is 319 g/mol. The number of hydrogen-bond acceptors (Lipinski definition) is 4. The molecule has 0 bridgehead atoms. The Labute approximate surface area is 133 Å². The Bertz CT molecular complexity index is 710. The van der Waals surface area contributed by atoms with E-state index in [1.165, 1.54) is 25.7 Å². The minimum atomic E-state index is -0.496. The third-order valence-electron chi connectivity index (χ3n) is 4.42. The third kappa shape index (κ3) is 3.39. The summed E-state index contributed by atoms with van der Waals surface area (Å²) in [5.74, 6) is 1.25. The lowest BCUT2D eigenvalue weighted by atomic mass is 10.0. The van der Waals surface area contributed by atoms with Crippen molar-refractivity contribution in [2.75, 3.05) is 13.7 Å². The predicted octanol–water partition coefficient (Wildman–Crippen LogP) is 1.44. The van der Waals surface area contributed by atoms with Gasteiger partial charge < -0.3 is 9.47 Å². The van der Waals surface area contributed by atoms with Crippen molar-refractivity contribution in [2.24, 2.45) is 5.92 Å². The number of nitrogens with one attached hydrogen (secondary N) is 2. The summed E-state index contributed by atoms with van der Waals surface area (Å²) in [6.45, 7) is 0.505. The second kappa shape index (κ2) is 6.87. The fraction of sp³-hybridized carbons (Fsp3) is 0.500. The van der Waals surface area contributed by atoms with Gasteiger partial charge in [-0.2, -0.15) is 0 Å². The molecule has 1 heterocycles. The van der Waals surface area contributed by atoms with Gasteiger partial charge >= 0.3 is 11.4 Å². The minimum Gasteiger partial charge on any atom is -0.491 e. The van der Waals surface area contributed by atoms with Gasteiger partial charge in [0.2, 0.25) is 0 Å². The summed E-state index contributed by atoms with van der Waals surface area (Å²) < 4.78 is 12.4. The zero-order valence-corrected chi connectivity index (χ0v) is 13.1. The summed E-state index contributed by atoms with van der Waals surface area (Å²) in [7, 11) is 1.72. The normalized spacial score (nSPS) is 16.6. The number of nitrogens with zero attached hydrogens (tertiary/aromatic N) is 1. The van der Waals surface area contributed by atoms with Crippen LogP contribution in [0.15, 0.2) is 33.9 Å². The first kappa shape index (κ1) is 15.6. The van der Waals surface area contributed by atoms with Crippen LogP contribution >= 0.6 is 0 Å². The molecule has 1 aliphatic carbocycles. The van der Waals surface area contributed by atoms with Crippen LogP contribution in [-0.4, -0.2) is 34.6 Å². The van der Waals surface area contributed by atoms with Crippen molar-refractivity contribution < 1.29 is 9.47 Å². The van der Waals surface area contributed by atoms with Crippen molar-refractivity contribution in [1.82, 2.24) is 14.8 Å². The second-order valence-electron chi connectivity index (χ2n) is 5.82. The zero-order valence-electron chi connectivity index (χ0n) is 13.1. The molecular weight excluding hydrogens is 298 g/mol. The number of aromatic amines is 2. The fourth-order valence-electron chi connectivity index (χ4n) is 3.14. The standard InChI is InChI=1S/C16H21N3O4/c1-22-14(11-4-2-3-5-11)10-23-13-8-6-12(7-9-13)19-15(20)17-18-16(19)21/h6-9,11,14H,2-5,10H2,1H3,(H,17,20)(H,18,21). The number of rotatable bonds is 6. The van der Waals surface area contributed by atoms with Crippen LogP contribution in [0.4, 0.5) is 0 Å². The highest BCUT2D eigenvalue weighted by molar-refractivity contribution is 5.36. The van der Waals surface area contributed by atoms with Crippen LogP contribution in [0.25, 0.3) is 5.69 Å². The van der Waals surface area contributed by atoms with E-state index in [1.54, 1.807) is 31.4 Å². The van der Waals surface area contributed by atoms with Gasteiger partial charge in [0.25, 0.3) is 0 Å². The van der Waals surface area contributed by atoms with Crippen molar-refractivity contribution in [1.29, 1.82) is 0 Å². The molecule has 0 radical (unpaired) electrons. The van der Waals surface area contributed by atoms with Crippen molar-refractivity contribution in [3.05, 3.63) is 45.2 Å². The summed E-state index contributed by atoms with van der Waals surface area (Å²) in [5, 5.41) is 4.50. The van der Waals surface area contributed by atoms with Gasteiger partial charge in [-0.1, -0.05) is 12.8 Å². The molecule has 1 aromatic carbocycles. The number of ether oxygens (including phenoxy) is 2. The summed E-state index contributed by atoms with van der Waals surface area (Å²) in [6.07, 6.45) is 5.02. The molecule has 7 heteroatoms. The van der Waals surface area contributed by atoms with Crippen LogP contribution < -0.4 is 16.1 Å². The highest BCUT2D eigenvalue weighted by Gasteiger charge is 2.25. The van der Waals surface area contributed by atoms with Crippen LogP contribution in [0, 0.1) is 5.92 Å². The van der Waals surface area contributed by atoms with Gasteiger partial charge in [0, 0.05) is 7.11 Å². The lowest BCUT2D eigenvalue weighted by molar-refractivity contribution is 0.0173. The summed E-state index contributed by atoms with van der Waals surface area (Å²) in [6, 6.07) is 6.85. The Balaban J connectivity index is 1.65. The minimum absolute atomic E-state index is 0.104. The predicted molar refractivity (Wildman–Crippen MR) is 85.3 cm³/mol. The fourth-order valence-corrected chi connectivity index (χ4v) is 3.14. The van der Waals surface area contributed by atoms with Crippen LogP contribution in [0.1, 0.15) is 25.7 Å². The van der Waals surface area contributed by atoms with Crippen LogP contribution in [0.5, 0.6) is 5.75 Å². The first-order chi connectivity index (χ1) is 11.2. The van der Waals surface area contributed by atoms with Gasteiger partial charge in [-0.05, 0) is 43.0 Å². The number of H-pyrrole nitrogens is 2. The third-order valence-corrected chi connectivity index (χ3v) is 4.42. The second-order valence-corrected chi connectivity index (χ2v) is 5.82. The number of benzene rings is 1. The maximum Gasteiger partial charge on any atom is 0.348 e. The Hall–Kier alpha value is -2.28. The van der Waals surface area contributed by atoms with E-state index < -0.39 is 11.4 Å². The molecular formula is C16H21N3O4. The molecule has 7 nitrogen and oxygen atoms in total.